The van der Waals surface area contributed by atoms with Gasteiger partial charge in [0.15, 0.2) is 0 Å². The van der Waals surface area contributed by atoms with E-state index in [1.165, 1.54) is 7.11 Å². The Kier molecular flexibility index (Phi) is 6.30. The maximum absolute atomic E-state index is 12.8. The number of carbonyl (C=O) groups is 4. The van der Waals surface area contributed by atoms with Crippen molar-refractivity contribution in [3.8, 4) is 5.75 Å². The van der Waals surface area contributed by atoms with Crippen molar-refractivity contribution in [3.05, 3.63) is 54.1 Å². The summed E-state index contributed by atoms with van der Waals surface area (Å²) < 4.78 is 5.23. The zero-order valence-corrected chi connectivity index (χ0v) is 18.3. The molecule has 0 bridgehead atoms. The summed E-state index contributed by atoms with van der Waals surface area (Å²) >= 11 is 0. The number of amides is 5. The first kappa shape index (κ1) is 22.3. The Bertz CT molecular complexity index is 1080. The second-order valence-electron chi connectivity index (χ2n) is 8.24. The lowest BCUT2D eigenvalue weighted by Crippen LogP contribution is -2.48. The Morgan fingerprint density at radius 3 is 2.39 bits per heavy atom. The van der Waals surface area contributed by atoms with Crippen molar-refractivity contribution in [1.82, 2.24) is 10.2 Å². The first-order valence-electron chi connectivity index (χ1n) is 10.9. The Labute approximate surface area is 191 Å². The van der Waals surface area contributed by atoms with E-state index in [0.29, 0.717) is 35.5 Å². The van der Waals surface area contributed by atoms with Crippen LogP contribution >= 0.6 is 0 Å². The summed E-state index contributed by atoms with van der Waals surface area (Å²) in [6, 6.07) is 12.9. The smallest absolute Gasteiger partial charge is 0.325 e. The average molecular weight is 450 g/mol. The maximum atomic E-state index is 12.8. The van der Waals surface area contributed by atoms with Crippen molar-refractivity contribution in [1.29, 1.82) is 0 Å². The van der Waals surface area contributed by atoms with Gasteiger partial charge in [-0.05, 0) is 49.2 Å². The molecule has 1 aliphatic heterocycles. The summed E-state index contributed by atoms with van der Waals surface area (Å²) in [5.74, 6) is -0.594. The number of benzene rings is 2. The average Bonchev–Trinajstić information content (AvgIpc) is 3.04. The van der Waals surface area contributed by atoms with E-state index in [0.717, 1.165) is 24.2 Å². The molecule has 3 N–H and O–H groups in total. The number of methoxy groups -OCH3 is 1. The number of carbonyl (C=O) groups excluding carboxylic acids is 4. The lowest BCUT2D eigenvalue weighted by molar-refractivity contribution is -0.134. The van der Waals surface area contributed by atoms with Crippen LogP contribution in [0.5, 0.6) is 5.75 Å². The lowest BCUT2D eigenvalue weighted by Gasteiger charge is -2.30. The standard InChI is InChI=1S/C24H26N4O5/c1-33-19-8-4-3-7-18(19)26-21(30)16-9-11-17(12-10-16)25-20(29)15-28-22(31)24(27-23(28)32)13-5-2-6-14-24/h3-4,7-12H,2,5-6,13-15H2,1H3,(H,25,29)(H,26,30)(H,27,32). The van der Waals surface area contributed by atoms with Crippen LogP contribution in [-0.4, -0.2) is 47.8 Å². The van der Waals surface area contributed by atoms with Crippen molar-refractivity contribution in [2.45, 2.75) is 37.6 Å². The van der Waals surface area contributed by atoms with Gasteiger partial charge in [0, 0.05) is 11.3 Å². The first-order valence-corrected chi connectivity index (χ1v) is 10.9. The molecule has 172 valence electrons. The number of anilines is 2. The summed E-state index contributed by atoms with van der Waals surface area (Å²) in [5.41, 5.74) is 0.540. The normalized spacial score (nSPS) is 16.9. The summed E-state index contributed by atoms with van der Waals surface area (Å²) in [5, 5.41) is 8.25. The molecule has 2 aliphatic rings. The van der Waals surface area contributed by atoms with Gasteiger partial charge in [-0.3, -0.25) is 19.3 Å². The molecule has 9 heteroatoms. The van der Waals surface area contributed by atoms with E-state index < -0.39 is 17.5 Å². The number of hydrogen-bond acceptors (Lipinski definition) is 5. The molecule has 1 saturated carbocycles. The molecule has 4 rings (SSSR count). The van der Waals surface area contributed by atoms with E-state index in [1.54, 1.807) is 48.5 Å². The number of hydrogen-bond donors (Lipinski definition) is 3. The molecule has 0 radical (unpaired) electrons. The fraction of sp³-hybridized carbons (Fsp3) is 0.333. The topological polar surface area (TPSA) is 117 Å². The molecule has 1 heterocycles. The molecule has 0 atom stereocenters. The number of para-hydroxylation sites is 2. The van der Waals surface area contributed by atoms with Crippen LogP contribution in [-0.2, 0) is 9.59 Å². The van der Waals surface area contributed by atoms with Crippen LogP contribution in [0.1, 0.15) is 42.5 Å². The van der Waals surface area contributed by atoms with Gasteiger partial charge in [0.2, 0.25) is 5.91 Å². The summed E-state index contributed by atoms with van der Waals surface area (Å²) in [4.78, 5) is 51.1. The van der Waals surface area contributed by atoms with Crippen LogP contribution in [0, 0.1) is 0 Å². The maximum Gasteiger partial charge on any atom is 0.325 e. The zero-order chi connectivity index (χ0) is 23.4. The van der Waals surface area contributed by atoms with Gasteiger partial charge in [0.1, 0.15) is 17.8 Å². The molecule has 2 aromatic carbocycles. The molecule has 0 unspecified atom stereocenters. The predicted octanol–water partition coefficient (Wildman–Crippen LogP) is 3.14. The Balaban J connectivity index is 1.35. The molecule has 5 amide bonds. The molecule has 33 heavy (non-hydrogen) atoms. The van der Waals surface area contributed by atoms with Gasteiger partial charge >= 0.3 is 6.03 Å². The Morgan fingerprint density at radius 1 is 1.00 bits per heavy atom. The molecule has 1 saturated heterocycles. The second kappa shape index (κ2) is 9.32. The molecule has 0 aromatic heterocycles. The summed E-state index contributed by atoms with van der Waals surface area (Å²) in [6.07, 6.45) is 4.01. The SMILES string of the molecule is COc1ccccc1NC(=O)c1ccc(NC(=O)CN2C(=O)NC3(CCCCC3)C2=O)cc1. The molecule has 2 fully saturated rings. The largest absolute Gasteiger partial charge is 0.495 e. The van der Waals surface area contributed by atoms with Crippen molar-refractivity contribution in [2.24, 2.45) is 0 Å². The minimum Gasteiger partial charge on any atom is -0.495 e. The summed E-state index contributed by atoms with van der Waals surface area (Å²) in [7, 11) is 1.52. The highest BCUT2D eigenvalue weighted by atomic mass is 16.5. The highest BCUT2D eigenvalue weighted by Gasteiger charge is 2.51. The minimum absolute atomic E-state index is 0.325. The first-order chi connectivity index (χ1) is 15.9. The van der Waals surface area contributed by atoms with Gasteiger partial charge in [-0.25, -0.2) is 4.79 Å². The highest BCUT2D eigenvalue weighted by Crippen LogP contribution is 2.33. The van der Waals surface area contributed by atoms with Crippen molar-refractivity contribution in [3.63, 3.8) is 0 Å². The fourth-order valence-corrected chi connectivity index (χ4v) is 4.31. The van der Waals surface area contributed by atoms with Gasteiger partial charge in [-0.2, -0.15) is 0 Å². The Morgan fingerprint density at radius 2 is 1.70 bits per heavy atom. The van der Waals surface area contributed by atoms with E-state index >= 15 is 0 Å². The van der Waals surface area contributed by atoms with Crippen molar-refractivity contribution < 1.29 is 23.9 Å². The third-order valence-corrected chi connectivity index (χ3v) is 6.04. The third-order valence-electron chi connectivity index (χ3n) is 6.04. The van der Waals surface area contributed by atoms with Crippen LogP contribution in [0.2, 0.25) is 0 Å². The predicted molar refractivity (Wildman–Crippen MR) is 122 cm³/mol. The van der Waals surface area contributed by atoms with Crippen LogP contribution in [0.4, 0.5) is 16.2 Å². The summed E-state index contributed by atoms with van der Waals surface area (Å²) in [6.45, 7) is -0.359. The lowest BCUT2D eigenvalue weighted by atomic mass is 9.82. The molecular formula is C24H26N4O5. The van der Waals surface area contributed by atoms with Gasteiger partial charge in [-0.15, -0.1) is 0 Å². The molecule has 1 aliphatic carbocycles. The third kappa shape index (κ3) is 4.67. The number of urea groups is 1. The number of rotatable bonds is 6. The van der Waals surface area contributed by atoms with Gasteiger partial charge < -0.3 is 20.7 Å². The van der Waals surface area contributed by atoms with Crippen LogP contribution in [0.25, 0.3) is 0 Å². The monoisotopic (exact) mass is 450 g/mol. The van der Waals surface area contributed by atoms with Crippen LogP contribution in [0.15, 0.2) is 48.5 Å². The van der Waals surface area contributed by atoms with Crippen LogP contribution in [0.3, 0.4) is 0 Å². The van der Waals surface area contributed by atoms with Gasteiger partial charge in [0.25, 0.3) is 11.8 Å². The molecule has 9 nitrogen and oxygen atoms in total. The molecular weight excluding hydrogens is 424 g/mol. The number of imide groups is 1. The van der Waals surface area contributed by atoms with E-state index in [-0.39, 0.29) is 18.4 Å². The highest BCUT2D eigenvalue weighted by molar-refractivity contribution is 6.10. The molecule has 2 aromatic rings. The number of nitrogens with one attached hydrogen (secondary N) is 3. The fourth-order valence-electron chi connectivity index (χ4n) is 4.31. The quantitative estimate of drug-likeness (QED) is 0.585. The Hall–Kier alpha value is -3.88. The minimum atomic E-state index is -0.855. The van der Waals surface area contributed by atoms with E-state index in [9.17, 15) is 19.2 Å². The van der Waals surface area contributed by atoms with E-state index in [2.05, 4.69) is 16.0 Å². The number of nitrogens with zero attached hydrogens (tertiary/aromatic N) is 1. The zero-order valence-electron chi connectivity index (χ0n) is 18.3. The van der Waals surface area contributed by atoms with Crippen molar-refractivity contribution in [2.75, 3.05) is 24.3 Å². The van der Waals surface area contributed by atoms with Crippen molar-refractivity contribution >= 4 is 35.1 Å². The van der Waals surface area contributed by atoms with Gasteiger partial charge in [-0.1, -0.05) is 31.4 Å². The van der Waals surface area contributed by atoms with E-state index in [4.69, 9.17) is 4.74 Å². The number of ether oxygens (including phenoxy) is 1. The van der Waals surface area contributed by atoms with Gasteiger partial charge in [0.05, 0.1) is 12.8 Å². The van der Waals surface area contributed by atoms with E-state index in [1.807, 2.05) is 0 Å². The second-order valence-corrected chi connectivity index (χ2v) is 8.24. The van der Waals surface area contributed by atoms with Crippen LogP contribution < -0.4 is 20.7 Å². The molecule has 1 spiro atoms.